The highest BCUT2D eigenvalue weighted by Gasteiger charge is 2.20. The Morgan fingerprint density at radius 2 is 2.33 bits per heavy atom. The first kappa shape index (κ1) is 12.8. The highest BCUT2D eigenvalue weighted by atomic mass is 32.2. The van der Waals surface area contributed by atoms with Crippen molar-refractivity contribution in [1.82, 2.24) is 10.2 Å². The smallest absolute Gasteiger partial charge is 0.223 e. The van der Waals surface area contributed by atoms with E-state index in [1.165, 1.54) is 0 Å². The van der Waals surface area contributed by atoms with E-state index in [0.717, 1.165) is 25.4 Å². The van der Waals surface area contributed by atoms with Gasteiger partial charge in [-0.15, -0.1) is 0 Å². The number of thioether (sulfide) groups is 1. The van der Waals surface area contributed by atoms with Crippen molar-refractivity contribution in [3.8, 4) is 0 Å². The second-order valence-corrected chi connectivity index (χ2v) is 5.93. The van der Waals surface area contributed by atoms with E-state index in [-0.39, 0.29) is 0 Å². The Morgan fingerprint density at radius 3 is 2.93 bits per heavy atom. The molecule has 1 atom stereocenters. The summed E-state index contributed by atoms with van der Waals surface area (Å²) in [4.78, 5) is 13.8. The van der Waals surface area contributed by atoms with Gasteiger partial charge >= 0.3 is 0 Å². The Kier molecular flexibility index (Phi) is 5.47. The van der Waals surface area contributed by atoms with E-state index in [2.05, 4.69) is 26.1 Å². The van der Waals surface area contributed by atoms with Crippen LogP contribution < -0.4 is 5.32 Å². The van der Waals surface area contributed by atoms with Crippen molar-refractivity contribution >= 4 is 17.7 Å². The monoisotopic (exact) mass is 230 g/mol. The molecule has 4 heteroatoms. The first-order valence-electron chi connectivity index (χ1n) is 5.72. The summed E-state index contributed by atoms with van der Waals surface area (Å²) in [5.41, 5.74) is 0. The standard InChI is InChI=1S/C11H22N2OS/c1-9(2)12-5-4-11(14)13-6-7-15-10(3)8-13/h9-10,12H,4-8H2,1-3H3. The van der Waals surface area contributed by atoms with E-state index in [1.54, 1.807) is 0 Å². The van der Waals surface area contributed by atoms with E-state index in [0.29, 0.717) is 23.6 Å². The molecule has 0 bridgehead atoms. The summed E-state index contributed by atoms with van der Waals surface area (Å²) in [6, 6.07) is 0.466. The lowest BCUT2D eigenvalue weighted by atomic mass is 10.3. The predicted molar refractivity (Wildman–Crippen MR) is 66.3 cm³/mol. The number of nitrogens with one attached hydrogen (secondary N) is 1. The topological polar surface area (TPSA) is 32.3 Å². The van der Waals surface area contributed by atoms with Crippen LogP contribution >= 0.6 is 11.8 Å². The fraction of sp³-hybridized carbons (Fsp3) is 0.909. The fourth-order valence-electron chi connectivity index (χ4n) is 1.67. The summed E-state index contributed by atoms with van der Waals surface area (Å²) >= 11 is 1.96. The Balaban J connectivity index is 2.21. The van der Waals surface area contributed by atoms with E-state index in [9.17, 15) is 4.79 Å². The van der Waals surface area contributed by atoms with Crippen LogP contribution in [0, 0.1) is 0 Å². The van der Waals surface area contributed by atoms with Gasteiger partial charge in [-0.05, 0) is 0 Å². The number of hydrogen-bond acceptors (Lipinski definition) is 3. The molecule has 0 aromatic heterocycles. The summed E-state index contributed by atoms with van der Waals surface area (Å²) in [5, 5.41) is 3.87. The summed E-state index contributed by atoms with van der Waals surface area (Å²) in [6.45, 7) is 9.04. The normalized spacial score (nSPS) is 22.1. The molecule has 3 nitrogen and oxygen atoms in total. The average Bonchev–Trinajstić information content (AvgIpc) is 2.17. The van der Waals surface area contributed by atoms with Gasteiger partial charge < -0.3 is 10.2 Å². The molecule has 1 rings (SSSR count). The van der Waals surface area contributed by atoms with Crippen LogP contribution in [0.1, 0.15) is 27.2 Å². The van der Waals surface area contributed by atoms with Gasteiger partial charge in [-0.2, -0.15) is 11.8 Å². The number of carbonyl (C=O) groups excluding carboxylic acids is 1. The third kappa shape index (κ3) is 4.89. The average molecular weight is 230 g/mol. The van der Waals surface area contributed by atoms with Crippen molar-refractivity contribution in [2.24, 2.45) is 0 Å². The minimum atomic E-state index is 0.301. The number of amides is 1. The van der Waals surface area contributed by atoms with Crippen LogP contribution in [0.2, 0.25) is 0 Å². The van der Waals surface area contributed by atoms with Crippen molar-refractivity contribution in [2.75, 3.05) is 25.4 Å². The molecule has 1 N–H and O–H groups in total. The highest BCUT2D eigenvalue weighted by Crippen LogP contribution is 2.17. The van der Waals surface area contributed by atoms with Crippen molar-refractivity contribution < 1.29 is 4.79 Å². The number of carbonyl (C=O) groups is 1. The van der Waals surface area contributed by atoms with Crippen LogP contribution in [0.5, 0.6) is 0 Å². The van der Waals surface area contributed by atoms with Crippen LogP contribution in [0.25, 0.3) is 0 Å². The SMILES string of the molecule is CC(C)NCCC(=O)N1CCSC(C)C1. The molecule has 1 heterocycles. The van der Waals surface area contributed by atoms with Crippen LogP contribution in [-0.4, -0.2) is 47.5 Å². The molecule has 0 aromatic carbocycles. The maximum atomic E-state index is 11.8. The number of hydrogen-bond donors (Lipinski definition) is 1. The lowest BCUT2D eigenvalue weighted by Gasteiger charge is -2.30. The molecule has 0 spiro atoms. The van der Waals surface area contributed by atoms with Crippen LogP contribution in [-0.2, 0) is 4.79 Å². The van der Waals surface area contributed by atoms with Gasteiger partial charge in [-0.1, -0.05) is 20.8 Å². The first-order valence-corrected chi connectivity index (χ1v) is 6.77. The van der Waals surface area contributed by atoms with Crippen molar-refractivity contribution in [3.63, 3.8) is 0 Å². The second-order valence-electron chi connectivity index (χ2n) is 4.38. The molecule has 1 unspecified atom stereocenters. The molecular formula is C11H22N2OS. The quantitative estimate of drug-likeness (QED) is 0.791. The van der Waals surface area contributed by atoms with Gasteiger partial charge in [0, 0.05) is 43.1 Å². The van der Waals surface area contributed by atoms with E-state index < -0.39 is 0 Å². The van der Waals surface area contributed by atoms with E-state index in [1.807, 2.05) is 16.7 Å². The molecule has 0 aliphatic carbocycles. The first-order chi connectivity index (χ1) is 7.09. The van der Waals surface area contributed by atoms with Gasteiger partial charge in [-0.25, -0.2) is 0 Å². The Hall–Kier alpha value is -0.220. The Bertz CT molecular complexity index is 209. The Labute approximate surface area is 97.0 Å². The molecule has 1 fully saturated rings. The maximum Gasteiger partial charge on any atom is 0.223 e. The predicted octanol–water partition coefficient (Wildman–Crippen LogP) is 1.34. The second kappa shape index (κ2) is 6.38. The van der Waals surface area contributed by atoms with Gasteiger partial charge in [0.05, 0.1) is 0 Å². The zero-order valence-electron chi connectivity index (χ0n) is 9.95. The van der Waals surface area contributed by atoms with Gasteiger partial charge in [0.2, 0.25) is 5.91 Å². The third-order valence-corrected chi connectivity index (χ3v) is 3.62. The molecule has 0 radical (unpaired) electrons. The minimum absolute atomic E-state index is 0.301. The maximum absolute atomic E-state index is 11.8. The lowest BCUT2D eigenvalue weighted by Crippen LogP contribution is -2.42. The van der Waals surface area contributed by atoms with Crippen molar-refractivity contribution in [3.05, 3.63) is 0 Å². The van der Waals surface area contributed by atoms with Gasteiger partial charge in [-0.3, -0.25) is 4.79 Å². The highest BCUT2D eigenvalue weighted by molar-refractivity contribution is 7.99. The van der Waals surface area contributed by atoms with Crippen LogP contribution in [0.4, 0.5) is 0 Å². The molecule has 1 aliphatic heterocycles. The van der Waals surface area contributed by atoms with Crippen molar-refractivity contribution in [2.45, 2.75) is 38.5 Å². The largest absolute Gasteiger partial charge is 0.341 e. The Morgan fingerprint density at radius 1 is 1.60 bits per heavy atom. The van der Waals surface area contributed by atoms with E-state index >= 15 is 0 Å². The molecule has 88 valence electrons. The zero-order valence-corrected chi connectivity index (χ0v) is 10.8. The minimum Gasteiger partial charge on any atom is -0.341 e. The summed E-state index contributed by atoms with van der Waals surface area (Å²) < 4.78 is 0. The summed E-state index contributed by atoms with van der Waals surface area (Å²) in [6.07, 6.45) is 0.634. The summed E-state index contributed by atoms with van der Waals surface area (Å²) in [5.74, 6) is 1.39. The summed E-state index contributed by atoms with van der Waals surface area (Å²) in [7, 11) is 0. The van der Waals surface area contributed by atoms with Crippen LogP contribution in [0.3, 0.4) is 0 Å². The zero-order chi connectivity index (χ0) is 11.3. The molecular weight excluding hydrogens is 208 g/mol. The van der Waals surface area contributed by atoms with Gasteiger partial charge in [0.1, 0.15) is 0 Å². The molecule has 1 saturated heterocycles. The molecule has 0 saturated carbocycles. The molecule has 0 aromatic rings. The van der Waals surface area contributed by atoms with E-state index in [4.69, 9.17) is 0 Å². The third-order valence-electron chi connectivity index (χ3n) is 2.49. The van der Waals surface area contributed by atoms with Crippen molar-refractivity contribution in [1.29, 1.82) is 0 Å². The molecule has 1 aliphatic rings. The lowest BCUT2D eigenvalue weighted by molar-refractivity contribution is -0.131. The molecule has 1 amide bonds. The fourth-order valence-corrected chi connectivity index (χ4v) is 2.68. The van der Waals surface area contributed by atoms with Gasteiger partial charge in [0.25, 0.3) is 0 Å². The van der Waals surface area contributed by atoms with Gasteiger partial charge in [0.15, 0.2) is 0 Å². The number of rotatable bonds is 4. The van der Waals surface area contributed by atoms with Crippen LogP contribution in [0.15, 0.2) is 0 Å². The molecule has 15 heavy (non-hydrogen) atoms. The number of nitrogens with zero attached hydrogens (tertiary/aromatic N) is 1.